The summed E-state index contributed by atoms with van der Waals surface area (Å²) in [6, 6.07) is 3.63. The minimum absolute atomic E-state index is 0.0649. The number of thiazole rings is 1. The second kappa shape index (κ2) is 8.76. The van der Waals surface area contributed by atoms with E-state index in [1.165, 1.54) is 22.7 Å². The fourth-order valence-corrected chi connectivity index (χ4v) is 3.32. The van der Waals surface area contributed by atoms with Gasteiger partial charge in [-0.15, -0.1) is 22.7 Å². The number of esters is 1. The van der Waals surface area contributed by atoms with Crippen LogP contribution < -0.4 is 0 Å². The predicted octanol–water partition coefficient (Wildman–Crippen LogP) is 2.67. The van der Waals surface area contributed by atoms with Crippen molar-refractivity contribution in [1.29, 1.82) is 0 Å². The van der Waals surface area contributed by atoms with E-state index in [4.69, 9.17) is 9.47 Å². The Kier molecular flexibility index (Phi) is 6.69. The van der Waals surface area contributed by atoms with Crippen LogP contribution in [-0.4, -0.2) is 48.6 Å². The van der Waals surface area contributed by atoms with Gasteiger partial charge >= 0.3 is 5.97 Å². The number of rotatable bonds is 8. The molecular weight excluding hydrogens is 336 g/mol. The number of hydrogen-bond acceptors (Lipinski definition) is 7. The lowest BCUT2D eigenvalue weighted by molar-refractivity contribution is 0.0520. The molecule has 1 amide bonds. The quantitative estimate of drug-likeness (QED) is 0.682. The van der Waals surface area contributed by atoms with Gasteiger partial charge in [-0.25, -0.2) is 9.78 Å². The molecule has 2 heterocycles. The summed E-state index contributed by atoms with van der Waals surface area (Å²) in [7, 11) is 1.59. The molecule has 0 aromatic carbocycles. The van der Waals surface area contributed by atoms with Gasteiger partial charge in [0.25, 0.3) is 5.91 Å². The third-order valence-electron chi connectivity index (χ3n) is 2.95. The predicted molar refractivity (Wildman–Crippen MR) is 89.0 cm³/mol. The van der Waals surface area contributed by atoms with E-state index in [0.717, 1.165) is 0 Å². The molecule has 0 aliphatic rings. The van der Waals surface area contributed by atoms with Crippen molar-refractivity contribution >= 4 is 34.6 Å². The summed E-state index contributed by atoms with van der Waals surface area (Å²) in [6.45, 7) is 3.29. The zero-order valence-electron chi connectivity index (χ0n) is 13.0. The zero-order chi connectivity index (χ0) is 16.7. The van der Waals surface area contributed by atoms with Gasteiger partial charge in [-0.2, -0.15) is 0 Å². The fourth-order valence-electron chi connectivity index (χ4n) is 1.86. The highest BCUT2D eigenvalue weighted by Gasteiger charge is 2.19. The van der Waals surface area contributed by atoms with Crippen LogP contribution in [0.2, 0.25) is 0 Å². The molecule has 0 atom stereocenters. The van der Waals surface area contributed by atoms with E-state index in [1.54, 1.807) is 30.4 Å². The van der Waals surface area contributed by atoms with Gasteiger partial charge in [0.15, 0.2) is 5.69 Å². The van der Waals surface area contributed by atoms with Crippen LogP contribution in [0.3, 0.4) is 0 Å². The minimum Gasteiger partial charge on any atom is -0.461 e. The van der Waals surface area contributed by atoms with E-state index in [9.17, 15) is 9.59 Å². The van der Waals surface area contributed by atoms with E-state index in [-0.39, 0.29) is 11.6 Å². The Morgan fingerprint density at radius 2 is 2.17 bits per heavy atom. The molecule has 2 aromatic rings. The highest BCUT2D eigenvalue weighted by Crippen LogP contribution is 2.17. The van der Waals surface area contributed by atoms with Crippen molar-refractivity contribution in [1.82, 2.24) is 9.88 Å². The van der Waals surface area contributed by atoms with Crippen LogP contribution in [0, 0.1) is 0 Å². The van der Waals surface area contributed by atoms with Gasteiger partial charge in [0, 0.05) is 19.0 Å². The van der Waals surface area contributed by atoms with E-state index >= 15 is 0 Å². The van der Waals surface area contributed by atoms with Gasteiger partial charge in [0.1, 0.15) is 5.01 Å². The van der Waals surface area contributed by atoms with E-state index < -0.39 is 5.97 Å². The molecule has 0 aliphatic carbocycles. The Morgan fingerprint density at radius 3 is 2.83 bits per heavy atom. The number of nitrogens with zero attached hydrogens (tertiary/aromatic N) is 2. The number of aromatic nitrogens is 1. The van der Waals surface area contributed by atoms with Crippen LogP contribution in [0.5, 0.6) is 0 Å². The standard InChI is InChI=1S/C15H18N2O4S2/c1-3-21-15(19)11-10-23-13(16-11)9-17(6-7-20-2)14(18)12-5-4-8-22-12/h4-5,8,10H,3,6-7,9H2,1-2H3. The molecule has 0 spiro atoms. The number of thiophene rings is 1. The van der Waals surface area contributed by atoms with Crippen molar-refractivity contribution in [2.45, 2.75) is 13.5 Å². The lowest BCUT2D eigenvalue weighted by atomic mass is 10.3. The van der Waals surface area contributed by atoms with Crippen molar-refractivity contribution in [3.8, 4) is 0 Å². The van der Waals surface area contributed by atoms with Crippen molar-refractivity contribution in [3.63, 3.8) is 0 Å². The molecule has 124 valence electrons. The minimum atomic E-state index is -0.442. The number of ether oxygens (including phenoxy) is 2. The SMILES string of the molecule is CCOC(=O)c1csc(CN(CCOC)C(=O)c2cccs2)n1. The molecule has 8 heteroatoms. The third kappa shape index (κ3) is 4.85. The lowest BCUT2D eigenvalue weighted by Crippen LogP contribution is -2.33. The number of methoxy groups -OCH3 is 1. The number of amides is 1. The van der Waals surface area contributed by atoms with Crippen LogP contribution in [0.1, 0.15) is 32.1 Å². The maximum Gasteiger partial charge on any atom is 0.357 e. The molecule has 2 rings (SSSR count). The second-order valence-corrected chi connectivity index (χ2v) is 6.43. The topological polar surface area (TPSA) is 68.7 Å². The van der Waals surface area contributed by atoms with Crippen LogP contribution in [0.25, 0.3) is 0 Å². The first-order valence-electron chi connectivity index (χ1n) is 7.09. The van der Waals surface area contributed by atoms with Gasteiger partial charge in [-0.3, -0.25) is 4.79 Å². The molecule has 6 nitrogen and oxygen atoms in total. The highest BCUT2D eigenvalue weighted by atomic mass is 32.1. The Bertz CT molecular complexity index is 640. The summed E-state index contributed by atoms with van der Waals surface area (Å²) in [6.07, 6.45) is 0. The first-order valence-corrected chi connectivity index (χ1v) is 8.84. The summed E-state index contributed by atoms with van der Waals surface area (Å²) < 4.78 is 10.00. The van der Waals surface area contributed by atoms with Gasteiger partial charge in [0.2, 0.25) is 0 Å². The van der Waals surface area contributed by atoms with Crippen LogP contribution in [0.15, 0.2) is 22.9 Å². The van der Waals surface area contributed by atoms with E-state index in [0.29, 0.717) is 36.2 Å². The van der Waals surface area contributed by atoms with Gasteiger partial charge in [0.05, 0.1) is 24.6 Å². The molecule has 0 bridgehead atoms. The van der Waals surface area contributed by atoms with Crippen molar-refractivity contribution in [2.24, 2.45) is 0 Å². The monoisotopic (exact) mass is 354 g/mol. The number of carbonyl (C=O) groups excluding carboxylic acids is 2. The molecule has 0 N–H and O–H groups in total. The van der Waals surface area contributed by atoms with Gasteiger partial charge in [-0.05, 0) is 18.4 Å². The van der Waals surface area contributed by atoms with Gasteiger partial charge in [-0.1, -0.05) is 6.07 Å². The molecule has 0 saturated heterocycles. The number of carbonyl (C=O) groups is 2. The average molecular weight is 354 g/mol. The maximum atomic E-state index is 12.5. The maximum absolute atomic E-state index is 12.5. The number of hydrogen-bond donors (Lipinski definition) is 0. The molecule has 0 aliphatic heterocycles. The molecule has 0 fully saturated rings. The van der Waals surface area contributed by atoms with E-state index in [1.807, 2.05) is 11.4 Å². The lowest BCUT2D eigenvalue weighted by Gasteiger charge is -2.20. The summed E-state index contributed by atoms with van der Waals surface area (Å²) in [5.41, 5.74) is 0.280. The van der Waals surface area contributed by atoms with Crippen LogP contribution in [-0.2, 0) is 16.0 Å². The average Bonchev–Trinajstić information content (AvgIpc) is 3.22. The van der Waals surface area contributed by atoms with Crippen LogP contribution >= 0.6 is 22.7 Å². The normalized spacial score (nSPS) is 10.5. The smallest absolute Gasteiger partial charge is 0.357 e. The first kappa shape index (κ1) is 17.6. The van der Waals surface area contributed by atoms with Crippen molar-refractivity contribution in [2.75, 3.05) is 26.9 Å². The Balaban J connectivity index is 2.08. The highest BCUT2D eigenvalue weighted by molar-refractivity contribution is 7.12. The largest absolute Gasteiger partial charge is 0.461 e. The Hall–Kier alpha value is -1.77. The molecule has 0 saturated carbocycles. The Morgan fingerprint density at radius 1 is 1.35 bits per heavy atom. The molecule has 0 unspecified atom stereocenters. The summed E-state index contributed by atoms with van der Waals surface area (Å²) in [5.74, 6) is -0.507. The third-order valence-corrected chi connectivity index (χ3v) is 4.64. The Labute approximate surface area is 142 Å². The zero-order valence-corrected chi connectivity index (χ0v) is 14.6. The molecule has 2 aromatic heterocycles. The first-order chi connectivity index (χ1) is 11.2. The van der Waals surface area contributed by atoms with Crippen molar-refractivity contribution in [3.05, 3.63) is 38.5 Å². The summed E-state index contributed by atoms with van der Waals surface area (Å²) in [4.78, 5) is 30.8. The molecular formula is C15H18N2O4S2. The fraction of sp³-hybridized carbons (Fsp3) is 0.400. The molecule has 0 radical (unpaired) electrons. The van der Waals surface area contributed by atoms with Gasteiger partial charge < -0.3 is 14.4 Å². The molecule has 23 heavy (non-hydrogen) atoms. The summed E-state index contributed by atoms with van der Waals surface area (Å²) in [5, 5.41) is 4.20. The van der Waals surface area contributed by atoms with Crippen LogP contribution in [0.4, 0.5) is 0 Å². The van der Waals surface area contributed by atoms with E-state index in [2.05, 4.69) is 4.98 Å². The second-order valence-electron chi connectivity index (χ2n) is 4.54. The summed E-state index contributed by atoms with van der Waals surface area (Å²) >= 11 is 2.73. The van der Waals surface area contributed by atoms with Crippen molar-refractivity contribution < 1.29 is 19.1 Å².